The monoisotopic (exact) mass is 336 g/mol. The lowest BCUT2D eigenvalue weighted by Crippen LogP contribution is -2.21. The first-order valence-corrected chi connectivity index (χ1v) is 8.81. The average molecular weight is 336 g/mol. The third-order valence-corrected chi connectivity index (χ3v) is 4.37. The van der Waals surface area contributed by atoms with Crippen molar-refractivity contribution in [2.24, 2.45) is 10.9 Å². The number of carbonyl (C=O) groups excluding carboxylic acids is 1. The number of benzene rings is 1. The van der Waals surface area contributed by atoms with Crippen molar-refractivity contribution < 1.29 is 14.3 Å². The molecule has 0 N–H and O–H groups in total. The van der Waals surface area contributed by atoms with Crippen LogP contribution in [0.4, 0.5) is 0 Å². The molecule has 1 heterocycles. The lowest BCUT2D eigenvalue weighted by atomic mass is 10.2. The van der Waals surface area contributed by atoms with E-state index in [1.54, 1.807) is 0 Å². The van der Waals surface area contributed by atoms with Gasteiger partial charge in [0.15, 0.2) is 4.80 Å². The molecule has 0 unspecified atom stereocenters. The predicted octanol–water partition coefficient (Wildman–Crippen LogP) is 3.22. The highest BCUT2D eigenvalue weighted by atomic mass is 32.1. The van der Waals surface area contributed by atoms with Crippen molar-refractivity contribution in [3.8, 4) is 5.75 Å². The maximum Gasteiger partial charge on any atom is 0.250 e. The minimum Gasteiger partial charge on any atom is -0.492 e. The minimum absolute atomic E-state index is 0.111. The molecular weight excluding hydrogens is 312 g/mol. The van der Waals surface area contributed by atoms with Crippen molar-refractivity contribution >= 4 is 27.5 Å². The van der Waals surface area contributed by atoms with Gasteiger partial charge in [0, 0.05) is 19.1 Å². The summed E-state index contributed by atoms with van der Waals surface area (Å²) in [5.74, 6) is 0.586. The third-order valence-electron chi connectivity index (χ3n) is 3.33. The number of amides is 1. The molecule has 0 bridgehead atoms. The van der Waals surface area contributed by atoms with Gasteiger partial charge < -0.3 is 14.0 Å². The molecule has 1 aromatic carbocycles. The predicted molar refractivity (Wildman–Crippen MR) is 92.9 cm³/mol. The van der Waals surface area contributed by atoms with Crippen LogP contribution in [0.3, 0.4) is 0 Å². The molecule has 0 aliphatic rings. The molecule has 2 rings (SSSR count). The smallest absolute Gasteiger partial charge is 0.250 e. The first-order valence-electron chi connectivity index (χ1n) is 7.99. The summed E-state index contributed by atoms with van der Waals surface area (Å²) in [6, 6.07) is 5.94. The molecule has 1 amide bonds. The Morgan fingerprint density at radius 2 is 2.09 bits per heavy atom. The highest BCUT2D eigenvalue weighted by Gasteiger charge is 2.13. The number of hydrogen-bond acceptors (Lipinski definition) is 4. The van der Waals surface area contributed by atoms with Crippen LogP contribution >= 0.6 is 11.3 Å². The van der Waals surface area contributed by atoms with E-state index in [0.717, 1.165) is 16.0 Å². The number of para-hydroxylation sites is 1. The van der Waals surface area contributed by atoms with Crippen molar-refractivity contribution in [2.75, 3.05) is 19.8 Å². The maximum atomic E-state index is 12.0. The number of hydrogen-bond donors (Lipinski definition) is 0. The van der Waals surface area contributed by atoms with Gasteiger partial charge in [-0.15, -0.1) is 0 Å². The van der Waals surface area contributed by atoms with Crippen LogP contribution in [0.1, 0.15) is 27.7 Å². The molecule has 2 aromatic rings. The van der Waals surface area contributed by atoms with Gasteiger partial charge in [-0.05, 0) is 26.0 Å². The van der Waals surface area contributed by atoms with Crippen molar-refractivity contribution in [2.45, 2.75) is 34.2 Å². The summed E-state index contributed by atoms with van der Waals surface area (Å²) in [6.07, 6.45) is 0. The Kier molecular flexibility index (Phi) is 6.36. The van der Waals surface area contributed by atoms with Crippen LogP contribution in [0.25, 0.3) is 10.2 Å². The Hall–Kier alpha value is -1.66. The summed E-state index contributed by atoms with van der Waals surface area (Å²) in [6.45, 7) is 10.1. The second-order valence-corrected chi connectivity index (χ2v) is 6.38. The first-order chi connectivity index (χ1) is 11.1. The van der Waals surface area contributed by atoms with Crippen molar-refractivity contribution in [3.63, 3.8) is 0 Å². The Labute approximate surface area is 140 Å². The van der Waals surface area contributed by atoms with E-state index in [0.29, 0.717) is 31.2 Å². The van der Waals surface area contributed by atoms with Gasteiger partial charge in [-0.2, -0.15) is 4.99 Å². The molecule has 0 fully saturated rings. The molecule has 6 heteroatoms. The fraction of sp³-hybridized carbons (Fsp3) is 0.529. The number of aromatic nitrogens is 1. The fourth-order valence-corrected chi connectivity index (χ4v) is 3.26. The number of thiazole rings is 1. The highest BCUT2D eigenvalue weighted by molar-refractivity contribution is 7.16. The van der Waals surface area contributed by atoms with Gasteiger partial charge in [0.1, 0.15) is 11.3 Å². The SMILES string of the molecule is CCOCCn1c(=NC(=O)C(C)C)sc2cccc(OCC)c21. The van der Waals surface area contributed by atoms with E-state index in [-0.39, 0.29) is 11.8 Å². The van der Waals surface area contributed by atoms with Gasteiger partial charge in [0.25, 0.3) is 5.91 Å². The third kappa shape index (κ3) is 4.20. The lowest BCUT2D eigenvalue weighted by molar-refractivity contribution is -0.120. The van der Waals surface area contributed by atoms with Crippen molar-refractivity contribution in [1.29, 1.82) is 0 Å². The van der Waals surface area contributed by atoms with Crippen LogP contribution in [0.2, 0.25) is 0 Å². The summed E-state index contributed by atoms with van der Waals surface area (Å²) >= 11 is 1.51. The Bertz CT molecular complexity index is 731. The van der Waals surface area contributed by atoms with Gasteiger partial charge in [0.2, 0.25) is 0 Å². The van der Waals surface area contributed by atoms with E-state index in [1.807, 2.05) is 50.5 Å². The van der Waals surface area contributed by atoms with Gasteiger partial charge in [0.05, 0.1) is 17.9 Å². The molecular formula is C17H24N2O3S. The molecule has 0 atom stereocenters. The topological polar surface area (TPSA) is 52.8 Å². The lowest BCUT2D eigenvalue weighted by Gasteiger charge is -2.10. The van der Waals surface area contributed by atoms with E-state index in [4.69, 9.17) is 9.47 Å². The number of rotatable bonds is 7. The Morgan fingerprint density at radius 3 is 2.74 bits per heavy atom. The largest absolute Gasteiger partial charge is 0.492 e. The Morgan fingerprint density at radius 1 is 1.30 bits per heavy atom. The molecule has 0 aliphatic heterocycles. The second-order valence-electron chi connectivity index (χ2n) is 5.37. The minimum atomic E-state index is -0.119. The zero-order chi connectivity index (χ0) is 16.8. The standard InChI is InChI=1S/C17H24N2O3S/c1-5-21-11-10-19-15-13(22-6-2)8-7-9-14(15)23-17(19)18-16(20)12(3)4/h7-9,12H,5-6,10-11H2,1-4H3. The van der Waals surface area contributed by atoms with Crippen LogP contribution in [-0.2, 0) is 16.1 Å². The maximum absolute atomic E-state index is 12.0. The van der Waals surface area contributed by atoms with Gasteiger partial charge in [-0.3, -0.25) is 4.79 Å². The normalized spacial score (nSPS) is 12.3. The molecule has 5 nitrogen and oxygen atoms in total. The summed E-state index contributed by atoms with van der Waals surface area (Å²) in [5.41, 5.74) is 0.981. The zero-order valence-electron chi connectivity index (χ0n) is 14.2. The number of nitrogens with zero attached hydrogens (tertiary/aromatic N) is 2. The van der Waals surface area contributed by atoms with Crippen molar-refractivity contribution in [1.82, 2.24) is 4.57 Å². The summed E-state index contributed by atoms with van der Waals surface area (Å²) in [4.78, 5) is 17.1. The molecule has 0 saturated heterocycles. The molecule has 0 radical (unpaired) electrons. The van der Waals surface area contributed by atoms with E-state index in [9.17, 15) is 4.79 Å². The van der Waals surface area contributed by atoms with Gasteiger partial charge in [-0.1, -0.05) is 31.3 Å². The molecule has 0 spiro atoms. The van der Waals surface area contributed by atoms with Crippen LogP contribution < -0.4 is 9.54 Å². The second kappa shape index (κ2) is 8.26. The quantitative estimate of drug-likeness (QED) is 0.730. The first kappa shape index (κ1) is 17.7. The van der Waals surface area contributed by atoms with E-state index >= 15 is 0 Å². The van der Waals surface area contributed by atoms with E-state index < -0.39 is 0 Å². The number of fused-ring (bicyclic) bond motifs is 1. The summed E-state index contributed by atoms with van der Waals surface area (Å²) in [7, 11) is 0. The van der Waals surface area contributed by atoms with E-state index in [1.165, 1.54) is 11.3 Å². The number of ether oxygens (including phenoxy) is 2. The van der Waals surface area contributed by atoms with Crippen LogP contribution in [0.5, 0.6) is 5.75 Å². The number of carbonyl (C=O) groups is 1. The molecule has 1 aromatic heterocycles. The van der Waals surface area contributed by atoms with Crippen LogP contribution in [0.15, 0.2) is 23.2 Å². The highest BCUT2D eigenvalue weighted by Crippen LogP contribution is 2.27. The average Bonchev–Trinajstić information content (AvgIpc) is 2.86. The van der Waals surface area contributed by atoms with Crippen LogP contribution in [-0.4, -0.2) is 30.3 Å². The summed E-state index contributed by atoms with van der Waals surface area (Å²) in [5, 5.41) is 0. The molecule has 126 valence electrons. The van der Waals surface area contributed by atoms with Crippen LogP contribution in [0, 0.1) is 5.92 Å². The zero-order valence-corrected chi connectivity index (χ0v) is 15.0. The molecule has 0 saturated carbocycles. The van der Waals surface area contributed by atoms with Gasteiger partial charge in [-0.25, -0.2) is 0 Å². The van der Waals surface area contributed by atoms with Crippen molar-refractivity contribution in [3.05, 3.63) is 23.0 Å². The Balaban J connectivity index is 2.58. The molecule has 0 aliphatic carbocycles. The van der Waals surface area contributed by atoms with Gasteiger partial charge >= 0.3 is 0 Å². The molecule has 23 heavy (non-hydrogen) atoms. The summed E-state index contributed by atoms with van der Waals surface area (Å²) < 4.78 is 14.3. The fourth-order valence-electron chi connectivity index (χ4n) is 2.19. The van der Waals surface area contributed by atoms with E-state index in [2.05, 4.69) is 4.99 Å².